The molecule has 0 N–H and O–H groups in total. The first-order valence-corrected chi connectivity index (χ1v) is 5.00. The van der Waals surface area contributed by atoms with Gasteiger partial charge in [0.05, 0.1) is 0 Å². The van der Waals surface area contributed by atoms with E-state index < -0.39 is 0 Å². The highest BCUT2D eigenvalue weighted by Crippen LogP contribution is 2.13. The van der Waals surface area contributed by atoms with Crippen LogP contribution < -0.4 is 0 Å². The maximum absolute atomic E-state index is 11.1. The van der Waals surface area contributed by atoms with Crippen LogP contribution in [-0.4, -0.2) is 22.2 Å². The SMILES string of the molecule is CCC(C)N(C(=O)S)C(C)CC. The summed E-state index contributed by atoms with van der Waals surface area (Å²) in [5.41, 5.74) is 0. The summed E-state index contributed by atoms with van der Waals surface area (Å²) in [6.07, 6.45) is 1.97. The number of rotatable bonds is 4. The molecule has 0 aliphatic rings. The molecule has 2 unspecified atom stereocenters. The van der Waals surface area contributed by atoms with Crippen molar-refractivity contribution in [1.29, 1.82) is 0 Å². The first kappa shape index (κ1) is 11.8. The van der Waals surface area contributed by atoms with Gasteiger partial charge in [0.2, 0.25) is 0 Å². The summed E-state index contributed by atoms with van der Waals surface area (Å²) in [7, 11) is 0. The van der Waals surface area contributed by atoms with Crippen LogP contribution in [0.4, 0.5) is 4.79 Å². The number of amides is 1. The molecule has 0 aromatic carbocycles. The van der Waals surface area contributed by atoms with Crippen LogP contribution in [0.2, 0.25) is 0 Å². The molecular weight excluding hydrogens is 170 g/mol. The van der Waals surface area contributed by atoms with E-state index in [0.29, 0.717) is 12.1 Å². The summed E-state index contributed by atoms with van der Waals surface area (Å²) in [5.74, 6) is 0. The van der Waals surface area contributed by atoms with E-state index in [-0.39, 0.29) is 5.24 Å². The van der Waals surface area contributed by atoms with Gasteiger partial charge in [-0.2, -0.15) is 0 Å². The molecule has 2 atom stereocenters. The van der Waals surface area contributed by atoms with Crippen molar-refractivity contribution in [2.45, 2.75) is 52.6 Å². The lowest BCUT2D eigenvalue weighted by Gasteiger charge is -2.32. The van der Waals surface area contributed by atoms with Gasteiger partial charge in [0, 0.05) is 12.1 Å². The molecule has 0 spiro atoms. The molecule has 12 heavy (non-hydrogen) atoms. The van der Waals surface area contributed by atoms with Gasteiger partial charge in [0.15, 0.2) is 0 Å². The average Bonchev–Trinajstić information content (AvgIpc) is 2.03. The highest BCUT2D eigenvalue weighted by atomic mass is 32.1. The maximum Gasteiger partial charge on any atom is 0.279 e. The lowest BCUT2D eigenvalue weighted by Crippen LogP contribution is -2.41. The van der Waals surface area contributed by atoms with Crippen molar-refractivity contribution in [1.82, 2.24) is 4.90 Å². The van der Waals surface area contributed by atoms with Crippen molar-refractivity contribution in [2.75, 3.05) is 0 Å². The second kappa shape index (κ2) is 5.46. The van der Waals surface area contributed by atoms with E-state index in [1.165, 1.54) is 0 Å². The van der Waals surface area contributed by atoms with Crippen LogP contribution in [0.25, 0.3) is 0 Å². The van der Waals surface area contributed by atoms with Crippen molar-refractivity contribution < 1.29 is 4.79 Å². The first-order valence-electron chi connectivity index (χ1n) is 4.55. The van der Waals surface area contributed by atoms with Crippen LogP contribution in [-0.2, 0) is 0 Å². The number of carbonyl (C=O) groups is 1. The zero-order valence-electron chi connectivity index (χ0n) is 8.37. The third-order valence-electron chi connectivity index (χ3n) is 2.35. The molecule has 1 amide bonds. The van der Waals surface area contributed by atoms with Crippen LogP contribution in [0.1, 0.15) is 40.5 Å². The zero-order valence-corrected chi connectivity index (χ0v) is 9.27. The Hall–Kier alpha value is -0.180. The van der Waals surface area contributed by atoms with Gasteiger partial charge >= 0.3 is 0 Å². The number of hydrogen-bond acceptors (Lipinski definition) is 1. The Morgan fingerprint density at radius 2 is 1.58 bits per heavy atom. The van der Waals surface area contributed by atoms with Gasteiger partial charge in [-0.25, -0.2) is 0 Å². The third-order valence-corrected chi connectivity index (χ3v) is 2.58. The first-order chi connectivity index (χ1) is 5.54. The second-order valence-electron chi connectivity index (χ2n) is 3.20. The Balaban J connectivity index is 4.32. The Morgan fingerprint density at radius 1 is 1.25 bits per heavy atom. The van der Waals surface area contributed by atoms with Crippen molar-refractivity contribution in [3.05, 3.63) is 0 Å². The number of nitrogens with zero attached hydrogens (tertiary/aromatic N) is 1. The Labute approximate surface area is 80.7 Å². The molecule has 0 rings (SSSR count). The van der Waals surface area contributed by atoms with Crippen molar-refractivity contribution >= 4 is 17.9 Å². The number of carbonyl (C=O) groups excluding carboxylic acids is 1. The molecule has 0 aromatic heterocycles. The highest BCUT2D eigenvalue weighted by Gasteiger charge is 2.20. The molecule has 0 saturated heterocycles. The summed E-state index contributed by atoms with van der Waals surface area (Å²) in [6.45, 7) is 8.27. The van der Waals surface area contributed by atoms with Crippen LogP contribution >= 0.6 is 12.6 Å². The molecule has 72 valence electrons. The molecular formula is C9H19NOS. The van der Waals surface area contributed by atoms with Gasteiger partial charge in [-0.15, -0.1) is 0 Å². The van der Waals surface area contributed by atoms with Gasteiger partial charge < -0.3 is 4.90 Å². The molecule has 0 aliphatic heterocycles. The van der Waals surface area contributed by atoms with Crippen molar-refractivity contribution in [2.24, 2.45) is 0 Å². The van der Waals surface area contributed by atoms with Crippen LogP contribution in [0.15, 0.2) is 0 Å². The van der Waals surface area contributed by atoms with Gasteiger partial charge in [-0.05, 0) is 26.7 Å². The summed E-state index contributed by atoms with van der Waals surface area (Å²) >= 11 is 3.87. The van der Waals surface area contributed by atoms with E-state index in [9.17, 15) is 4.79 Å². The predicted octanol–water partition coefficient (Wildman–Crippen LogP) is 2.94. The van der Waals surface area contributed by atoms with Crippen molar-refractivity contribution in [3.63, 3.8) is 0 Å². The van der Waals surface area contributed by atoms with E-state index in [2.05, 4.69) is 40.3 Å². The largest absolute Gasteiger partial charge is 0.328 e. The minimum absolute atomic E-state index is 0.112. The fourth-order valence-corrected chi connectivity index (χ4v) is 1.60. The molecule has 0 bridgehead atoms. The minimum Gasteiger partial charge on any atom is -0.328 e. The van der Waals surface area contributed by atoms with E-state index >= 15 is 0 Å². The number of thiol groups is 1. The van der Waals surface area contributed by atoms with Crippen LogP contribution in [0.5, 0.6) is 0 Å². The third kappa shape index (κ3) is 3.05. The smallest absolute Gasteiger partial charge is 0.279 e. The molecule has 0 fully saturated rings. The molecule has 2 nitrogen and oxygen atoms in total. The lowest BCUT2D eigenvalue weighted by molar-refractivity contribution is 0.174. The molecule has 0 heterocycles. The summed E-state index contributed by atoms with van der Waals surface area (Å²) in [4.78, 5) is 13.0. The quantitative estimate of drug-likeness (QED) is 0.674. The van der Waals surface area contributed by atoms with Crippen LogP contribution in [0, 0.1) is 0 Å². The normalized spacial score (nSPS) is 15.4. The fourth-order valence-electron chi connectivity index (χ4n) is 1.20. The second-order valence-corrected chi connectivity index (χ2v) is 3.59. The topological polar surface area (TPSA) is 20.3 Å². The van der Waals surface area contributed by atoms with Crippen molar-refractivity contribution in [3.8, 4) is 0 Å². The lowest BCUT2D eigenvalue weighted by atomic mass is 10.1. The predicted molar refractivity (Wildman–Crippen MR) is 55.7 cm³/mol. The molecule has 0 aromatic rings. The summed E-state index contributed by atoms with van der Waals surface area (Å²) in [5, 5.41) is -0.112. The Kier molecular flexibility index (Phi) is 5.38. The van der Waals surface area contributed by atoms with E-state index in [0.717, 1.165) is 12.8 Å². The van der Waals surface area contributed by atoms with Gasteiger partial charge in [-0.3, -0.25) is 4.79 Å². The standard InChI is InChI=1S/C9H19NOS/c1-5-7(3)10(9(11)12)8(4)6-2/h7-8H,5-6H2,1-4H3,(H,11,12). The van der Waals surface area contributed by atoms with E-state index in [1.807, 2.05) is 4.90 Å². The molecule has 0 aliphatic carbocycles. The Morgan fingerprint density at radius 3 is 1.75 bits per heavy atom. The number of hydrogen-bond donors (Lipinski definition) is 1. The summed E-state index contributed by atoms with van der Waals surface area (Å²) < 4.78 is 0. The fraction of sp³-hybridized carbons (Fsp3) is 0.889. The Bertz CT molecular complexity index is 139. The van der Waals surface area contributed by atoms with Crippen LogP contribution in [0.3, 0.4) is 0 Å². The molecule has 0 radical (unpaired) electrons. The zero-order chi connectivity index (χ0) is 9.72. The minimum atomic E-state index is -0.112. The van der Waals surface area contributed by atoms with E-state index in [1.54, 1.807) is 0 Å². The molecule has 3 heteroatoms. The van der Waals surface area contributed by atoms with Gasteiger partial charge in [-0.1, -0.05) is 26.5 Å². The van der Waals surface area contributed by atoms with Gasteiger partial charge in [0.25, 0.3) is 5.24 Å². The monoisotopic (exact) mass is 189 g/mol. The van der Waals surface area contributed by atoms with Gasteiger partial charge in [0.1, 0.15) is 0 Å². The molecule has 0 saturated carbocycles. The average molecular weight is 189 g/mol. The summed E-state index contributed by atoms with van der Waals surface area (Å²) in [6, 6.07) is 0.592. The maximum atomic E-state index is 11.1. The van der Waals surface area contributed by atoms with E-state index in [4.69, 9.17) is 0 Å². The highest BCUT2D eigenvalue weighted by molar-refractivity contribution is 7.96.